The SMILES string of the molecule is COC1CC(O)CN1C(=O)OCc1ccccc1. The topological polar surface area (TPSA) is 59.0 Å². The molecule has 1 heterocycles. The van der Waals surface area contributed by atoms with Crippen LogP contribution < -0.4 is 0 Å². The van der Waals surface area contributed by atoms with Gasteiger partial charge in [-0.3, -0.25) is 4.90 Å². The van der Waals surface area contributed by atoms with Crippen LogP contribution in [0.25, 0.3) is 0 Å². The minimum atomic E-state index is -0.542. The zero-order chi connectivity index (χ0) is 13.0. The predicted molar refractivity (Wildman–Crippen MR) is 64.8 cm³/mol. The van der Waals surface area contributed by atoms with Gasteiger partial charge in [0.05, 0.1) is 12.6 Å². The van der Waals surface area contributed by atoms with Crippen molar-refractivity contribution in [2.24, 2.45) is 0 Å². The minimum absolute atomic E-state index is 0.225. The van der Waals surface area contributed by atoms with Crippen molar-refractivity contribution in [3.8, 4) is 0 Å². The molecular weight excluding hydrogens is 234 g/mol. The summed E-state index contributed by atoms with van der Waals surface area (Å²) in [6, 6.07) is 9.46. The predicted octanol–water partition coefficient (Wildman–Crippen LogP) is 1.36. The van der Waals surface area contributed by atoms with E-state index in [-0.39, 0.29) is 13.2 Å². The number of hydrogen-bond acceptors (Lipinski definition) is 4. The molecule has 0 radical (unpaired) electrons. The second-order valence-electron chi connectivity index (χ2n) is 4.27. The van der Waals surface area contributed by atoms with Crippen LogP contribution in [0.15, 0.2) is 30.3 Å². The van der Waals surface area contributed by atoms with E-state index in [0.29, 0.717) is 6.42 Å². The van der Waals surface area contributed by atoms with Gasteiger partial charge < -0.3 is 14.6 Å². The minimum Gasteiger partial charge on any atom is -0.444 e. The molecule has 1 aliphatic heterocycles. The van der Waals surface area contributed by atoms with Gasteiger partial charge in [0.25, 0.3) is 0 Å². The van der Waals surface area contributed by atoms with E-state index in [1.165, 1.54) is 12.0 Å². The molecule has 98 valence electrons. The molecule has 0 bridgehead atoms. The Hall–Kier alpha value is -1.59. The number of aliphatic hydroxyl groups excluding tert-OH is 1. The zero-order valence-corrected chi connectivity index (χ0v) is 10.3. The fraction of sp³-hybridized carbons (Fsp3) is 0.462. The zero-order valence-electron chi connectivity index (χ0n) is 10.3. The number of hydrogen-bond donors (Lipinski definition) is 1. The standard InChI is InChI=1S/C13H17NO4/c1-17-12-7-11(15)8-14(12)13(16)18-9-10-5-3-2-4-6-10/h2-6,11-12,15H,7-9H2,1H3. The van der Waals surface area contributed by atoms with Crippen LogP contribution in [0.5, 0.6) is 0 Å². The quantitative estimate of drug-likeness (QED) is 0.881. The maximum atomic E-state index is 11.8. The molecular formula is C13H17NO4. The number of aliphatic hydroxyl groups is 1. The molecule has 0 aliphatic carbocycles. The first-order valence-electron chi connectivity index (χ1n) is 5.89. The van der Waals surface area contributed by atoms with Crippen LogP contribution in [0.3, 0.4) is 0 Å². The average molecular weight is 251 g/mol. The Morgan fingerprint density at radius 1 is 1.44 bits per heavy atom. The number of likely N-dealkylation sites (tertiary alicyclic amines) is 1. The molecule has 0 saturated carbocycles. The first-order valence-corrected chi connectivity index (χ1v) is 5.89. The number of benzene rings is 1. The van der Waals surface area contributed by atoms with E-state index in [1.54, 1.807) is 0 Å². The summed E-state index contributed by atoms with van der Waals surface area (Å²) < 4.78 is 10.3. The number of β-amino-alcohol motifs (C(OH)–C–C–N with tert-alkyl or cyclic N) is 1. The summed E-state index contributed by atoms with van der Waals surface area (Å²) in [7, 11) is 1.51. The molecule has 1 aromatic rings. The summed E-state index contributed by atoms with van der Waals surface area (Å²) in [5.41, 5.74) is 0.930. The number of nitrogens with zero attached hydrogens (tertiary/aromatic N) is 1. The number of carbonyl (C=O) groups excluding carboxylic acids is 1. The average Bonchev–Trinajstić information content (AvgIpc) is 2.78. The molecule has 2 rings (SSSR count). The lowest BCUT2D eigenvalue weighted by molar-refractivity contribution is -0.00781. The Kier molecular flexibility index (Phi) is 4.17. The number of ether oxygens (including phenoxy) is 2. The van der Waals surface area contributed by atoms with E-state index < -0.39 is 18.4 Å². The summed E-state index contributed by atoms with van der Waals surface area (Å²) >= 11 is 0. The molecule has 2 atom stereocenters. The summed E-state index contributed by atoms with van der Waals surface area (Å²) in [5, 5.41) is 9.51. The van der Waals surface area contributed by atoms with Gasteiger partial charge in [-0.25, -0.2) is 4.79 Å². The van der Waals surface area contributed by atoms with Gasteiger partial charge in [0, 0.05) is 13.5 Å². The van der Waals surface area contributed by atoms with Gasteiger partial charge >= 0.3 is 6.09 Å². The maximum absolute atomic E-state index is 11.8. The van der Waals surface area contributed by atoms with E-state index in [9.17, 15) is 9.90 Å². The van der Waals surface area contributed by atoms with Crippen molar-refractivity contribution in [2.75, 3.05) is 13.7 Å². The molecule has 5 heteroatoms. The summed E-state index contributed by atoms with van der Waals surface area (Å²) in [5.74, 6) is 0. The maximum Gasteiger partial charge on any atom is 0.412 e. The molecule has 0 aromatic heterocycles. The number of amides is 1. The highest BCUT2D eigenvalue weighted by Crippen LogP contribution is 2.19. The first-order chi connectivity index (χ1) is 8.70. The Balaban J connectivity index is 1.88. The van der Waals surface area contributed by atoms with Crippen LogP contribution in [0.4, 0.5) is 4.79 Å². The molecule has 0 spiro atoms. The number of methoxy groups -OCH3 is 1. The third kappa shape index (κ3) is 3.00. The Morgan fingerprint density at radius 3 is 2.83 bits per heavy atom. The van der Waals surface area contributed by atoms with Crippen molar-refractivity contribution in [3.05, 3.63) is 35.9 Å². The van der Waals surface area contributed by atoms with Crippen LogP contribution in [0.1, 0.15) is 12.0 Å². The molecule has 1 saturated heterocycles. The van der Waals surface area contributed by atoms with Gasteiger partial charge in [0.15, 0.2) is 0 Å². The highest BCUT2D eigenvalue weighted by molar-refractivity contribution is 5.68. The van der Waals surface area contributed by atoms with Crippen molar-refractivity contribution in [1.82, 2.24) is 4.90 Å². The molecule has 2 unspecified atom stereocenters. The third-order valence-corrected chi connectivity index (χ3v) is 2.94. The van der Waals surface area contributed by atoms with Gasteiger partial charge in [0.1, 0.15) is 12.8 Å². The van der Waals surface area contributed by atoms with Crippen LogP contribution >= 0.6 is 0 Å². The Morgan fingerprint density at radius 2 is 2.17 bits per heavy atom. The first kappa shape index (κ1) is 12.9. The fourth-order valence-corrected chi connectivity index (χ4v) is 2.00. The monoisotopic (exact) mass is 251 g/mol. The van der Waals surface area contributed by atoms with E-state index in [2.05, 4.69) is 0 Å². The fourth-order valence-electron chi connectivity index (χ4n) is 2.00. The van der Waals surface area contributed by atoms with Crippen molar-refractivity contribution in [2.45, 2.75) is 25.4 Å². The summed E-state index contributed by atoms with van der Waals surface area (Å²) in [6.45, 7) is 0.481. The van der Waals surface area contributed by atoms with Crippen molar-refractivity contribution >= 4 is 6.09 Å². The molecule has 1 aromatic carbocycles. The molecule has 18 heavy (non-hydrogen) atoms. The van der Waals surface area contributed by atoms with E-state index in [4.69, 9.17) is 9.47 Å². The highest BCUT2D eigenvalue weighted by atomic mass is 16.6. The highest BCUT2D eigenvalue weighted by Gasteiger charge is 2.35. The lowest BCUT2D eigenvalue weighted by Gasteiger charge is -2.22. The number of carbonyl (C=O) groups is 1. The van der Waals surface area contributed by atoms with Crippen LogP contribution in [-0.4, -0.2) is 42.1 Å². The second kappa shape index (κ2) is 5.84. The second-order valence-corrected chi connectivity index (χ2v) is 4.27. The molecule has 5 nitrogen and oxygen atoms in total. The van der Waals surface area contributed by atoms with Crippen LogP contribution in [-0.2, 0) is 16.1 Å². The number of rotatable bonds is 3. The largest absolute Gasteiger partial charge is 0.444 e. The van der Waals surface area contributed by atoms with Crippen molar-refractivity contribution in [3.63, 3.8) is 0 Å². The van der Waals surface area contributed by atoms with Crippen molar-refractivity contribution < 1.29 is 19.4 Å². The Bertz CT molecular complexity index is 395. The van der Waals surface area contributed by atoms with Crippen LogP contribution in [0.2, 0.25) is 0 Å². The van der Waals surface area contributed by atoms with Gasteiger partial charge in [0.2, 0.25) is 0 Å². The Labute approximate surface area is 106 Å². The van der Waals surface area contributed by atoms with Gasteiger partial charge in [-0.05, 0) is 5.56 Å². The van der Waals surface area contributed by atoms with Gasteiger partial charge in [-0.2, -0.15) is 0 Å². The van der Waals surface area contributed by atoms with E-state index >= 15 is 0 Å². The molecule has 1 aliphatic rings. The summed E-state index contributed by atoms with van der Waals surface area (Å²) in [6.07, 6.45) is -0.971. The van der Waals surface area contributed by atoms with E-state index in [1.807, 2.05) is 30.3 Å². The lowest BCUT2D eigenvalue weighted by Crippen LogP contribution is -2.37. The molecule has 1 amide bonds. The van der Waals surface area contributed by atoms with Gasteiger partial charge in [-0.1, -0.05) is 30.3 Å². The van der Waals surface area contributed by atoms with Crippen molar-refractivity contribution in [1.29, 1.82) is 0 Å². The van der Waals surface area contributed by atoms with Crippen LogP contribution in [0, 0.1) is 0 Å². The lowest BCUT2D eigenvalue weighted by atomic mass is 10.2. The van der Waals surface area contributed by atoms with Gasteiger partial charge in [-0.15, -0.1) is 0 Å². The third-order valence-electron chi connectivity index (χ3n) is 2.94. The molecule has 1 N–H and O–H groups in total. The smallest absolute Gasteiger partial charge is 0.412 e. The van der Waals surface area contributed by atoms with E-state index in [0.717, 1.165) is 5.56 Å². The molecule has 1 fully saturated rings. The summed E-state index contributed by atoms with van der Waals surface area (Å²) in [4.78, 5) is 13.3. The normalized spacial score (nSPS) is 23.1.